The summed E-state index contributed by atoms with van der Waals surface area (Å²) >= 11 is 3.30. The van der Waals surface area contributed by atoms with Crippen molar-refractivity contribution in [2.75, 3.05) is 33.5 Å². The van der Waals surface area contributed by atoms with Gasteiger partial charge in [0.1, 0.15) is 6.61 Å². The van der Waals surface area contributed by atoms with E-state index in [1.54, 1.807) is 0 Å². The maximum atomic E-state index is 12.1. The Morgan fingerprint density at radius 2 is 2.12 bits per heavy atom. The Hall–Kier alpha value is -2.29. The van der Waals surface area contributed by atoms with Gasteiger partial charge in [-0.3, -0.25) is 4.79 Å². The van der Waals surface area contributed by atoms with E-state index >= 15 is 0 Å². The molecule has 0 N–H and O–H groups in total. The van der Waals surface area contributed by atoms with Crippen LogP contribution in [0.15, 0.2) is 16.6 Å². The molecule has 130 valence electrons. The van der Waals surface area contributed by atoms with Gasteiger partial charge in [-0.15, -0.1) is 0 Å². The normalized spacial score (nSPS) is 13.5. The number of esters is 1. The van der Waals surface area contributed by atoms with Crippen LogP contribution in [0, 0.1) is 0 Å². The number of amides is 2. The predicted molar refractivity (Wildman–Crippen MR) is 85.2 cm³/mol. The molecule has 1 aliphatic heterocycles. The van der Waals surface area contributed by atoms with Crippen LogP contribution in [0.5, 0.6) is 11.5 Å². The highest BCUT2D eigenvalue weighted by molar-refractivity contribution is 9.10. The van der Waals surface area contributed by atoms with Crippen molar-refractivity contribution in [1.29, 1.82) is 0 Å². The molecule has 0 radical (unpaired) electrons. The molecule has 0 bridgehead atoms. The van der Waals surface area contributed by atoms with Crippen molar-refractivity contribution in [3.8, 4) is 11.5 Å². The van der Waals surface area contributed by atoms with Crippen LogP contribution >= 0.6 is 15.9 Å². The zero-order valence-corrected chi connectivity index (χ0v) is 14.8. The number of methoxy groups -OCH3 is 1. The summed E-state index contributed by atoms with van der Waals surface area (Å²) in [6, 6.07) is 2.96. The number of carbonyl (C=O) groups excluding carboxylic acids is 3. The number of rotatable bonds is 6. The maximum Gasteiger partial charge on any atom is 0.416 e. The van der Waals surface area contributed by atoms with Gasteiger partial charge in [-0.2, -0.15) is 0 Å². The van der Waals surface area contributed by atoms with Crippen LogP contribution in [0.2, 0.25) is 0 Å². The van der Waals surface area contributed by atoms with E-state index in [2.05, 4.69) is 20.7 Å². The molecule has 0 atom stereocenters. The molecule has 1 aromatic rings. The van der Waals surface area contributed by atoms with Crippen LogP contribution in [0.4, 0.5) is 4.79 Å². The lowest BCUT2D eigenvalue weighted by atomic mass is 10.2. The third-order valence-electron chi connectivity index (χ3n) is 3.14. The molecule has 0 unspecified atom stereocenters. The predicted octanol–water partition coefficient (Wildman–Crippen LogP) is 1.99. The summed E-state index contributed by atoms with van der Waals surface area (Å²) in [5.41, 5.74) is 0.180. The molecule has 0 aliphatic carbocycles. The average molecular weight is 402 g/mol. The second kappa shape index (κ2) is 8.00. The van der Waals surface area contributed by atoms with Crippen molar-refractivity contribution in [2.24, 2.45) is 0 Å². The molecule has 1 aliphatic rings. The van der Waals surface area contributed by atoms with Crippen molar-refractivity contribution in [3.63, 3.8) is 0 Å². The van der Waals surface area contributed by atoms with Crippen LogP contribution in [0.3, 0.4) is 0 Å². The number of ether oxygens (including phenoxy) is 4. The highest BCUT2D eigenvalue weighted by Gasteiger charge is 2.29. The molecule has 24 heavy (non-hydrogen) atoms. The smallest absolute Gasteiger partial charge is 0.416 e. The molecule has 8 nitrogen and oxygen atoms in total. The number of cyclic esters (lactones) is 1. The van der Waals surface area contributed by atoms with E-state index in [1.165, 1.54) is 19.2 Å². The van der Waals surface area contributed by atoms with Crippen molar-refractivity contribution in [1.82, 2.24) is 4.90 Å². The SMILES string of the molecule is CCOc1c(Br)cc(C(=O)OCC(=O)N2CCOC2=O)cc1OC. The minimum absolute atomic E-state index is 0.140. The molecule has 2 rings (SSSR count). The van der Waals surface area contributed by atoms with Crippen LogP contribution in [0.25, 0.3) is 0 Å². The number of hydrogen-bond acceptors (Lipinski definition) is 7. The Balaban J connectivity index is 2.05. The van der Waals surface area contributed by atoms with Crippen LogP contribution in [-0.2, 0) is 14.3 Å². The summed E-state index contributed by atoms with van der Waals surface area (Å²) < 4.78 is 20.7. The van der Waals surface area contributed by atoms with Gasteiger partial charge in [0.15, 0.2) is 18.1 Å². The largest absolute Gasteiger partial charge is 0.493 e. The van der Waals surface area contributed by atoms with Crippen molar-refractivity contribution >= 4 is 33.9 Å². The quantitative estimate of drug-likeness (QED) is 0.672. The van der Waals surface area contributed by atoms with Crippen molar-refractivity contribution in [2.45, 2.75) is 6.92 Å². The van der Waals surface area contributed by atoms with Gasteiger partial charge in [-0.25, -0.2) is 14.5 Å². The number of nitrogens with zero attached hydrogens (tertiary/aromatic N) is 1. The lowest BCUT2D eigenvalue weighted by Crippen LogP contribution is -2.35. The summed E-state index contributed by atoms with van der Waals surface area (Å²) in [4.78, 5) is 36.1. The fraction of sp³-hybridized carbons (Fsp3) is 0.400. The first-order chi connectivity index (χ1) is 11.5. The molecule has 0 spiro atoms. The number of carbonyl (C=O) groups is 3. The molecule has 2 amide bonds. The Labute approximate surface area is 146 Å². The zero-order chi connectivity index (χ0) is 17.7. The fourth-order valence-corrected chi connectivity index (χ4v) is 2.59. The molecule has 1 heterocycles. The Bertz CT molecular complexity index is 661. The molecule has 1 fully saturated rings. The molecular formula is C15H16BrNO7. The minimum Gasteiger partial charge on any atom is -0.493 e. The first kappa shape index (κ1) is 18.1. The van der Waals surface area contributed by atoms with E-state index in [9.17, 15) is 14.4 Å². The van der Waals surface area contributed by atoms with E-state index in [0.717, 1.165) is 4.90 Å². The van der Waals surface area contributed by atoms with E-state index in [1.807, 2.05) is 6.92 Å². The Morgan fingerprint density at radius 1 is 1.38 bits per heavy atom. The molecular weight excluding hydrogens is 386 g/mol. The van der Waals surface area contributed by atoms with Gasteiger partial charge < -0.3 is 18.9 Å². The standard InChI is InChI=1S/C15H16BrNO7/c1-3-22-13-10(16)6-9(7-11(13)21-2)14(19)24-8-12(18)17-4-5-23-15(17)20/h6-7H,3-5,8H2,1-2H3. The third-order valence-corrected chi connectivity index (χ3v) is 3.73. The lowest BCUT2D eigenvalue weighted by Gasteiger charge is -2.14. The first-order valence-electron chi connectivity index (χ1n) is 7.12. The number of halogens is 1. The van der Waals surface area contributed by atoms with Gasteiger partial charge in [0.05, 0.1) is 30.3 Å². The van der Waals surface area contributed by atoms with Gasteiger partial charge in [0, 0.05) is 0 Å². The van der Waals surface area contributed by atoms with Crippen molar-refractivity contribution in [3.05, 3.63) is 22.2 Å². The summed E-state index contributed by atoms with van der Waals surface area (Å²) in [6.07, 6.45) is -0.735. The van der Waals surface area contributed by atoms with E-state index < -0.39 is 24.6 Å². The summed E-state index contributed by atoms with van der Waals surface area (Å²) in [5, 5.41) is 0. The first-order valence-corrected chi connectivity index (χ1v) is 7.91. The van der Waals surface area contributed by atoms with Crippen LogP contribution in [0.1, 0.15) is 17.3 Å². The number of imide groups is 1. The zero-order valence-electron chi connectivity index (χ0n) is 13.2. The third kappa shape index (κ3) is 3.97. The monoisotopic (exact) mass is 401 g/mol. The molecule has 9 heteroatoms. The van der Waals surface area contributed by atoms with Gasteiger partial charge in [-0.1, -0.05) is 0 Å². The molecule has 1 saturated heterocycles. The fourth-order valence-electron chi connectivity index (χ4n) is 2.03. The molecule has 0 saturated carbocycles. The molecule has 1 aromatic carbocycles. The molecule has 0 aromatic heterocycles. The Kier molecular flexibility index (Phi) is 6.02. The van der Waals surface area contributed by atoms with E-state index in [0.29, 0.717) is 22.6 Å². The second-order valence-corrected chi connectivity index (χ2v) is 5.51. The highest BCUT2D eigenvalue weighted by Crippen LogP contribution is 2.36. The van der Waals surface area contributed by atoms with Gasteiger partial charge >= 0.3 is 12.1 Å². The van der Waals surface area contributed by atoms with E-state index in [-0.39, 0.29) is 18.7 Å². The van der Waals surface area contributed by atoms with E-state index in [4.69, 9.17) is 14.2 Å². The van der Waals surface area contributed by atoms with Crippen LogP contribution < -0.4 is 9.47 Å². The summed E-state index contributed by atoms with van der Waals surface area (Å²) in [5.74, 6) is -0.541. The van der Waals surface area contributed by atoms with Crippen molar-refractivity contribution < 1.29 is 33.3 Å². The lowest BCUT2D eigenvalue weighted by molar-refractivity contribution is -0.131. The Morgan fingerprint density at radius 3 is 2.71 bits per heavy atom. The highest BCUT2D eigenvalue weighted by atomic mass is 79.9. The van der Waals surface area contributed by atoms with Gasteiger partial charge in [0.2, 0.25) is 0 Å². The van der Waals surface area contributed by atoms with Gasteiger partial charge in [-0.05, 0) is 35.0 Å². The summed E-state index contributed by atoms with van der Waals surface area (Å²) in [6.45, 7) is 1.99. The maximum absolute atomic E-state index is 12.1. The number of hydrogen-bond donors (Lipinski definition) is 0. The minimum atomic E-state index is -0.735. The van der Waals surface area contributed by atoms with Crippen LogP contribution in [-0.4, -0.2) is 56.3 Å². The topological polar surface area (TPSA) is 91.4 Å². The summed E-state index contributed by atoms with van der Waals surface area (Å²) in [7, 11) is 1.45. The number of benzene rings is 1. The van der Waals surface area contributed by atoms with Gasteiger partial charge in [0.25, 0.3) is 5.91 Å². The second-order valence-electron chi connectivity index (χ2n) is 4.66. The average Bonchev–Trinajstić information content (AvgIpc) is 3.00.